The Morgan fingerprint density at radius 3 is 2.72 bits per heavy atom. The molecule has 4 aromatic rings. The highest BCUT2D eigenvalue weighted by molar-refractivity contribution is 6.11. The lowest BCUT2D eigenvalue weighted by Gasteiger charge is -2.05. The number of anilines is 1. The van der Waals surface area contributed by atoms with Crippen LogP contribution in [0.4, 0.5) is 5.69 Å². The number of nitrogens with zero attached hydrogens (tertiary/aromatic N) is 4. The van der Waals surface area contributed by atoms with E-state index in [4.69, 9.17) is 0 Å². The van der Waals surface area contributed by atoms with Gasteiger partial charge in [-0.15, -0.1) is 0 Å². The van der Waals surface area contributed by atoms with Crippen LogP contribution < -0.4 is 5.32 Å². The third-order valence-electron chi connectivity index (χ3n) is 3.71. The van der Waals surface area contributed by atoms with Gasteiger partial charge in [0.2, 0.25) is 0 Å². The molecular formula is C18H14N6O. The number of H-pyrrole nitrogens is 1. The molecule has 2 N–H and O–H groups in total. The molecule has 4 heterocycles. The second-order valence-corrected chi connectivity index (χ2v) is 5.50. The predicted molar refractivity (Wildman–Crippen MR) is 94.0 cm³/mol. The largest absolute Gasteiger partial charge is 0.335 e. The van der Waals surface area contributed by atoms with Crippen LogP contribution in [0.5, 0.6) is 0 Å². The zero-order chi connectivity index (χ0) is 17.2. The van der Waals surface area contributed by atoms with E-state index in [1.54, 1.807) is 24.7 Å². The molecule has 0 aliphatic rings. The maximum atomic E-state index is 12.6. The van der Waals surface area contributed by atoms with E-state index >= 15 is 0 Å². The number of nitrogens with one attached hydrogen (secondary N) is 2. The van der Waals surface area contributed by atoms with Crippen molar-refractivity contribution in [3.05, 3.63) is 66.2 Å². The molecule has 4 rings (SSSR count). The van der Waals surface area contributed by atoms with Gasteiger partial charge in [-0.1, -0.05) is 6.07 Å². The van der Waals surface area contributed by atoms with Crippen LogP contribution in [0, 0.1) is 6.92 Å². The molecule has 25 heavy (non-hydrogen) atoms. The number of rotatable bonds is 3. The minimum Gasteiger partial charge on any atom is -0.335 e. The lowest BCUT2D eigenvalue weighted by atomic mass is 10.2. The topological polar surface area (TPSA) is 96.5 Å². The fraction of sp³-hybridized carbons (Fsp3) is 0.0556. The fourth-order valence-electron chi connectivity index (χ4n) is 2.46. The summed E-state index contributed by atoms with van der Waals surface area (Å²) in [7, 11) is 0. The van der Waals surface area contributed by atoms with Crippen LogP contribution in [0.2, 0.25) is 0 Å². The smallest absolute Gasteiger partial charge is 0.258 e. The molecule has 7 heteroatoms. The van der Waals surface area contributed by atoms with Gasteiger partial charge in [-0.05, 0) is 37.3 Å². The van der Waals surface area contributed by atoms with Gasteiger partial charge in [-0.25, -0.2) is 9.97 Å². The number of aryl methyl sites for hydroxylation is 1. The Bertz CT molecular complexity index is 1040. The summed E-state index contributed by atoms with van der Waals surface area (Å²) in [6.45, 7) is 1.89. The van der Waals surface area contributed by atoms with Crippen LogP contribution in [0.3, 0.4) is 0 Å². The van der Waals surface area contributed by atoms with E-state index in [0.29, 0.717) is 33.9 Å². The standard InChI is InChI=1S/C18H14N6O/c1-11-5-6-12(10-21-11)22-18(25)13-7-9-20-17-15(13)23-16(24-17)14-4-2-3-8-19-14/h2-10H,1H3,(H,22,25)(H,20,23,24). The van der Waals surface area contributed by atoms with Crippen molar-refractivity contribution in [2.45, 2.75) is 6.92 Å². The molecule has 1 amide bonds. The Kier molecular flexibility index (Phi) is 3.66. The van der Waals surface area contributed by atoms with Gasteiger partial charge in [-0.2, -0.15) is 0 Å². The summed E-state index contributed by atoms with van der Waals surface area (Å²) < 4.78 is 0. The van der Waals surface area contributed by atoms with Crippen molar-refractivity contribution in [3.63, 3.8) is 0 Å². The second-order valence-electron chi connectivity index (χ2n) is 5.50. The van der Waals surface area contributed by atoms with Crippen molar-refractivity contribution < 1.29 is 4.79 Å². The predicted octanol–water partition coefficient (Wildman–Crippen LogP) is 2.98. The lowest BCUT2D eigenvalue weighted by molar-refractivity contribution is 0.102. The summed E-state index contributed by atoms with van der Waals surface area (Å²) in [5.41, 5.74) is 3.70. The van der Waals surface area contributed by atoms with Crippen molar-refractivity contribution in [2.24, 2.45) is 0 Å². The van der Waals surface area contributed by atoms with Crippen molar-refractivity contribution >= 4 is 22.8 Å². The van der Waals surface area contributed by atoms with E-state index in [1.807, 2.05) is 37.3 Å². The SMILES string of the molecule is Cc1ccc(NC(=O)c2ccnc3nc(-c4ccccn4)[nH]c23)cn1. The van der Waals surface area contributed by atoms with Gasteiger partial charge in [-0.3, -0.25) is 14.8 Å². The first-order chi connectivity index (χ1) is 12.2. The molecular weight excluding hydrogens is 316 g/mol. The molecule has 0 radical (unpaired) electrons. The molecule has 122 valence electrons. The number of amides is 1. The van der Waals surface area contributed by atoms with Crippen LogP contribution in [0.1, 0.15) is 16.1 Å². The third kappa shape index (κ3) is 2.94. The molecule has 4 aromatic heterocycles. The number of aromatic nitrogens is 5. The summed E-state index contributed by atoms with van der Waals surface area (Å²) in [5, 5.41) is 2.83. The molecule has 0 saturated heterocycles. The Balaban J connectivity index is 1.70. The molecule has 0 aliphatic heterocycles. The van der Waals surface area contributed by atoms with Crippen LogP contribution >= 0.6 is 0 Å². The molecule has 0 atom stereocenters. The number of pyridine rings is 3. The normalized spacial score (nSPS) is 10.8. The summed E-state index contributed by atoms with van der Waals surface area (Å²) in [6.07, 6.45) is 4.87. The van der Waals surface area contributed by atoms with Crippen molar-refractivity contribution in [1.29, 1.82) is 0 Å². The quantitative estimate of drug-likeness (QED) is 0.602. The van der Waals surface area contributed by atoms with Gasteiger partial charge in [0.15, 0.2) is 11.5 Å². The minimum atomic E-state index is -0.255. The van der Waals surface area contributed by atoms with Crippen LogP contribution in [0.25, 0.3) is 22.7 Å². The van der Waals surface area contributed by atoms with E-state index < -0.39 is 0 Å². The average molecular weight is 330 g/mol. The first-order valence-corrected chi connectivity index (χ1v) is 7.71. The van der Waals surface area contributed by atoms with Gasteiger partial charge in [0.1, 0.15) is 5.69 Å². The third-order valence-corrected chi connectivity index (χ3v) is 3.71. The number of fused-ring (bicyclic) bond motifs is 1. The Morgan fingerprint density at radius 1 is 1.04 bits per heavy atom. The number of carbonyl (C=O) groups is 1. The highest BCUT2D eigenvalue weighted by Crippen LogP contribution is 2.20. The molecule has 0 spiro atoms. The number of carbonyl (C=O) groups excluding carboxylic acids is 1. The molecule has 7 nitrogen and oxygen atoms in total. The van der Waals surface area contributed by atoms with Gasteiger partial charge in [0.25, 0.3) is 5.91 Å². The summed E-state index contributed by atoms with van der Waals surface area (Å²) in [4.78, 5) is 32.9. The minimum absolute atomic E-state index is 0.255. The second kappa shape index (κ2) is 6.12. The Labute approximate surface area is 143 Å². The lowest BCUT2D eigenvalue weighted by Crippen LogP contribution is -2.13. The van der Waals surface area contributed by atoms with Gasteiger partial charge >= 0.3 is 0 Å². The zero-order valence-corrected chi connectivity index (χ0v) is 13.4. The molecule has 0 bridgehead atoms. The summed E-state index contributed by atoms with van der Waals surface area (Å²) >= 11 is 0. The van der Waals surface area contributed by atoms with Crippen molar-refractivity contribution in [1.82, 2.24) is 24.9 Å². The van der Waals surface area contributed by atoms with Crippen LogP contribution in [0.15, 0.2) is 55.0 Å². The Hall–Kier alpha value is -3.61. The maximum absolute atomic E-state index is 12.6. The van der Waals surface area contributed by atoms with E-state index in [2.05, 4.69) is 30.2 Å². The molecule has 0 unspecified atom stereocenters. The number of hydrogen-bond donors (Lipinski definition) is 2. The molecule has 0 aromatic carbocycles. The van der Waals surface area contributed by atoms with E-state index in [9.17, 15) is 4.79 Å². The Morgan fingerprint density at radius 2 is 1.96 bits per heavy atom. The van der Waals surface area contributed by atoms with E-state index in [0.717, 1.165) is 5.69 Å². The summed E-state index contributed by atoms with van der Waals surface area (Å²) in [6, 6.07) is 10.9. The number of aromatic amines is 1. The fourth-order valence-corrected chi connectivity index (χ4v) is 2.46. The molecule has 0 saturated carbocycles. The first kappa shape index (κ1) is 14.9. The van der Waals surface area contributed by atoms with Gasteiger partial charge in [0.05, 0.1) is 23.0 Å². The first-order valence-electron chi connectivity index (χ1n) is 7.71. The van der Waals surface area contributed by atoms with E-state index in [-0.39, 0.29) is 5.91 Å². The molecule has 0 aliphatic carbocycles. The van der Waals surface area contributed by atoms with Crippen molar-refractivity contribution in [3.8, 4) is 11.5 Å². The summed E-state index contributed by atoms with van der Waals surface area (Å²) in [5.74, 6) is 0.314. The highest BCUT2D eigenvalue weighted by Gasteiger charge is 2.15. The van der Waals surface area contributed by atoms with Crippen LogP contribution in [-0.4, -0.2) is 30.8 Å². The average Bonchev–Trinajstić information content (AvgIpc) is 3.08. The number of imidazole rings is 1. The van der Waals surface area contributed by atoms with Gasteiger partial charge < -0.3 is 10.3 Å². The zero-order valence-electron chi connectivity index (χ0n) is 13.4. The monoisotopic (exact) mass is 330 g/mol. The molecule has 0 fully saturated rings. The highest BCUT2D eigenvalue weighted by atomic mass is 16.1. The van der Waals surface area contributed by atoms with Crippen molar-refractivity contribution in [2.75, 3.05) is 5.32 Å². The van der Waals surface area contributed by atoms with Gasteiger partial charge in [0, 0.05) is 18.1 Å². The van der Waals surface area contributed by atoms with Crippen LogP contribution in [-0.2, 0) is 0 Å². The van der Waals surface area contributed by atoms with E-state index in [1.165, 1.54) is 0 Å². The number of hydrogen-bond acceptors (Lipinski definition) is 5. The maximum Gasteiger partial charge on any atom is 0.258 e.